The predicted molar refractivity (Wildman–Crippen MR) is 73.0 cm³/mol. The van der Waals surface area contributed by atoms with Crippen LogP contribution in [0.2, 0.25) is 0 Å². The highest BCUT2D eigenvalue weighted by atomic mass is 35.5. The summed E-state index contributed by atoms with van der Waals surface area (Å²) in [4.78, 5) is 15.2. The third-order valence-electron chi connectivity index (χ3n) is 2.44. The molecule has 1 aromatic carbocycles. The number of benzene rings is 1. The highest BCUT2D eigenvalue weighted by molar-refractivity contribution is 7.71. The Morgan fingerprint density at radius 2 is 2.24 bits per heavy atom. The summed E-state index contributed by atoms with van der Waals surface area (Å²) < 4.78 is 1.90. The zero-order valence-corrected chi connectivity index (χ0v) is 10.8. The Morgan fingerprint density at radius 1 is 1.53 bits per heavy atom. The number of H-pyrrole nitrogens is 1. The van der Waals surface area contributed by atoms with Crippen LogP contribution in [0.25, 0.3) is 10.9 Å². The maximum absolute atomic E-state index is 12.2. The minimum Gasteiger partial charge on any atom is -0.332 e. The van der Waals surface area contributed by atoms with Crippen LogP contribution in [0.5, 0.6) is 0 Å². The molecule has 0 bridgehead atoms. The van der Waals surface area contributed by atoms with Crippen molar-refractivity contribution in [1.82, 2.24) is 9.55 Å². The first-order valence-corrected chi connectivity index (χ1v) is 5.92. The van der Waals surface area contributed by atoms with E-state index in [1.807, 2.05) is 18.2 Å². The topological polar surface area (TPSA) is 37.8 Å². The Morgan fingerprint density at radius 3 is 2.94 bits per heavy atom. The van der Waals surface area contributed by atoms with E-state index in [0.29, 0.717) is 21.7 Å². The summed E-state index contributed by atoms with van der Waals surface area (Å²) in [5, 5.41) is 1.26. The lowest BCUT2D eigenvalue weighted by atomic mass is 10.2. The Hall–Kier alpha value is -1.39. The molecule has 2 aromatic rings. The van der Waals surface area contributed by atoms with Gasteiger partial charge in [0, 0.05) is 11.6 Å². The molecule has 0 radical (unpaired) electrons. The van der Waals surface area contributed by atoms with Crippen LogP contribution < -0.4 is 5.56 Å². The minimum absolute atomic E-state index is 0.0986. The van der Waals surface area contributed by atoms with E-state index in [2.05, 4.69) is 4.98 Å². The molecule has 0 atom stereocenters. The molecule has 5 heteroatoms. The number of hydrogen-bond donors (Lipinski definition) is 1. The van der Waals surface area contributed by atoms with Crippen molar-refractivity contribution in [1.29, 1.82) is 0 Å². The standard InChI is InChI=1S/C12H11ClN2OS/c1-8(13)6-7-15-11(16)9-4-2-3-5-10(9)14-12(15)17/h2-6H,7H2,1H3,(H,14,17)/b8-6+. The van der Waals surface area contributed by atoms with Gasteiger partial charge in [-0.25, -0.2) is 0 Å². The summed E-state index contributed by atoms with van der Waals surface area (Å²) in [7, 11) is 0. The molecule has 88 valence electrons. The van der Waals surface area contributed by atoms with Crippen LogP contribution in [0, 0.1) is 4.77 Å². The number of aromatic amines is 1. The first kappa shape index (κ1) is 12.1. The Bertz CT molecular complexity index is 695. The Labute approximate surface area is 108 Å². The van der Waals surface area contributed by atoms with Gasteiger partial charge < -0.3 is 4.98 Å². The van der Waals surface area contributed by atoms with Gasteiger partial charge in [0.05, 0.1) is 10.9 Å². The van der Waals surface area contributed by atoms with Crippen molar-refractivity contribution in [3.8, 4) is 0 Å². The smallest absolute Gasteiger partial charge is 0.262 e. The molecular weight excluding hydrogens is 256 g/mol. The zero-order chi connectivity index (χ0) is 12.4. The molecule has 1 aromatic heterocycles. The number of aromatic nitrogens is 2. The van der Waals surface area contributed by atoms with E-state index < -0.39 is 0 Å². The van der Waals surface area contributed by atoms with E-state index in [-0.39, 0.29) is 5.56 Å². The molecule has 17 heavy (non-hydrogen) atoms. The van der Waals surface area contributed by atoms with Crippen LogP contribution in [0.4, 0.5) is 0 Å². The van der Waals surface area contributed by atoms with Crippen molar-refractivity contribution in [2.45, 2.75) is 13.5 Å². The second kappa shape index (κ2) is 4.85. The van der Waals surface area contributed by atoms with Crippen molar-refractivity contribution in [3.63, 3.8) is 0 Å². The highest BCUT2D eigenvalue weighted by Gasteiger charge is 2.03. The number of halogens is 1. The molecule has 0 saturated carbocycles. The first-order valence-electron chi connectivity index (χ1n) is 5.13. The molecular formula is C12H11ClN2OS. The quantitative estimate of drug-likeness (QED) is 0.848. The van der Waals surface area contributed by atoms with Crippen LogP contribution >= 0.6 is 23.8 Å². The fourth-order valence-corrected chi connectivity index (χ4v) is 1.92. The molecule has 1 heterocycles. The average molecular weight is 267 g/mol. The number of hydrogen-bond acceptors (Lipinski definition) is 2. The number of allylic oxidation sites excluding steroid dienone is 2. The van der Waals surface area contributed by atoms with Gasteiger partial charge in [-0.1, -0.05) is 29.8 Å². The van der Waals surface area contributed by atoms with Crippen molar-refractivity contribution in [3.05, 3.63) is 50.5 Å². The summed E-state index contributed by atoms with van der Waals surface area (Å²) >= 11 is 10.9. The van der Waals surface area contributed by atoms with Gasteiger partial charge in [0.1, 0.15) is 0 Å². The second-order valence-electron chi connectivity index (χ2n) is 3.68. The lowest BCUT2D eigenvalue weighted by molar-refractivity contribution is 0.750. The summed E-state index contributed by atoms with van der Waals surface area (Å²) in [6, 6.07) is 7.30. The molecule has 0 aliphatic carbocycles. The molecule has 0 fully saturated rings. The summed E-state index contributed by atoms with van der Waals surface area (Å²) in [5.41, 5.74) is 0.656. The van der Waals surface area contributed by atoms with Crippen molar-refractivity contribution < 1.29 is 0 Å². The van der Waals surface area contributed by atoms with Gasteiger partial charge in [-0.2, -0.15) is 0 Å². The van der Waals surface area contributed by atoms with Crippen LogP contribution in [0.1, 0.15) is 6.92 Å². The lowest BCUT2D eigenvalue weighted by Gasteiger charge is -2.05. The van der Waals surface area contributed by atoms with E-state index in [1.165, 1.54) is 4.57 Å². The molecule has 0 aliphatic rings. The number of para-hydroxylation sites is 1. The molecule has 0 saturated heterocycles. The maximum atomic E-state index is 12.2. The van der Waals surface area contributed by atoms with Crippen molar-refractivity contribution in [2.75, 3.05) is 0 Å². The predicted octanol–water partition coefficient (Wildman–Crippen LogP) is 3.20. The summed E-state index contributed by atoms with van der Waals surface area (Å²) in [6.45, 7) is 2.15. The normalized spacial score (nSPS) is 12.0. The van der Waals surface area contributed by atoms with E-state index in [1.54, 1.807) is 19.1 Å². The SMILES string of the molecule is C/C(Cl)=C\Cn1c(=S)[nH]c2ccccc2c1=O. The van der Waals surface area contributed by atoms with Crippen LogP contribution in [0.3, 0.4) is 0 Å². The largest absolute Gasteiger partial charge is 0.332 e. The van der Waals surface area contributed by atoms with E-state index >= 15 is 0 Å². The van der Waals surface area contributed by atoms with E-state index in [9.17, 15) is 4.79 Å². The maximum Gasteiger partial charge on any atom is 0.262 e. The van der Waals surface area contributed by atoms with Crippen molar-refractivity contribution >= 4 is 34.7 Å². The zero-order valence-electron chi connectivity index (χ0n) is 9.24. The first-order chi connectivity index (χ1) is 8.09. The second-order valence-corrected chi connectivity index (χ2v) is 4.67. The minimum atomic E-state index is -0.0986. The van der Waals surface area contributed by atoms with Gasteiger partial charge in [0.25, 0.3) is 5.56 Å². The van der Waals surface area contributed by atoms with E-state index in [0.717, 1.165) is 5.52 Å². The van der Waals surface area contributed by atoms with Gasteiger partial charge >= 0.3 is 0 Å². The number of rotatable bonds is 2. The van der Waals surface area contributed by atoms with Crippen LogP contribution in [-0.4, -0.2) is 9.55 Å². The molecule has 1 N–H and O–H groups in total. The molecule has 0 unspecified atom stereocenters. The fourth-order valence-electron chi connectivity index (χ4n) is 1.58. The van der Waals surface area contributed by atoms with Crippen molar-refractivity contribution in [2.24, 2.45) is 0 Å². The highest BCUT2D eigenvalue weighted by Crippen LogP contribution is 2.06. The third kappa shape index (κ3) is 2.48. The summed E-state index contributed by atoms with van der Waals surface area (Å²) in [5.74, 6) is 0. The molecule has 0 spiro atoms. The van der Waals surface area contributed by atoms with E-state index in [4.69, 9.17) is 23.8 Å². The molecule has 2 rings (SSSR count). The summed E-state index contributed by atoms with van der Waals surface area (Å²) in [6.07, 6.45) is 1.75. The van der Waals surface area contributed by atoms with Gasteiger partial charge in [-0.05, 0) is 31.3 Å². The molecule has 3 nitrogen and oxygen atoms in total. The Balaban J connectivity index is 2.69. The number of nitrogens with one attached hydrogen (secondary N) is 1. The van der Waals surface area contributed by atoms with Gasteiger partial charge in [0.2, 0.25) is 0 Å². The van der Waals surface area contributed by atoms with Gasteiger partial charge in [-0.15, -0.1) is 0 Å². The molecule has 0 aliphatic heterocycles. The van der Waals surface area contributed by atoms with Crippen LogP contribution in [0.15, 0.2) is 40.2 Å². The molecule has 0 amide bonds. The van der Waals surface area contributed by atoms with Crippen LogP contribution in [-0.2, 0) is 6.54 Å². The number of nitrogens with zero attached hydrogens (tertiary/aromatic N) is 1. The average Bonchev–Trinajstić information content (AvgIpc) is 2.28. The van der Waals surface area contributed by atoms with Gasteiger partial charge in [0.15, 0.2) is 4.77 Å². The fraction of sp³-hybridized carbons (Fsp3) is 0.167. The Kier molecular flexibility index (Phi) is 3.45. The monoisotopic (exact) mass is 266 g/mol. The lowest BCUT2D eigenvalue weighted by Crippen LogP contribution is -2.21. The van der Waals surface area contributed by atoms with Gasteiger partial charge in [-0.3, -0.25) is 9.36 Å². The third-order valence-corrected chi connectivity index (χ3v) is 2.92. The number of fused-ring (bicyclic) bond motifs is 1.